The fourth-order valence-corrected chi connectivity index (χ4v) is 3.70. The minimum absolute atomic E-state index is 0.00569. The summed E-state index contributed by atoms with van der Waals surface area (Å²) in [4.78, 5) is 12.7. The number of benzene rings is 2. The molecule has 0 atom stereocenters. The molecule has 32 heavy (non-hydrogen) atoms. The first-order valence-corrected chi connectivity index (χ1v) is 11.1. The van der Waals surface area contributed by atoms with E-state index < -0.39 is 16.4 Å². The molecule has 2 aromatic carbocycles. The molecule has 8 nitrogen and oxygen atoms in total. The monoisotopic (exact) mass is 458 g/mol. The van der Waals surface area contributed by atoms with Gasteiger partial charge < -0.3 is 4.74 Å². The van der Waals surface area contributed by atoms with Gasteiger partial charge in [0.25, 0.3) is 0 Å². The number of rotatable bonds is 6. The molecule has 164 valence electrons. The predicted octanol–water partition coefficient (Wildman–Crippen LogP) is 3.09. The quantitative estimate of drug-likeness (QED) is 0.441. The summed E-state index contributed by atoms with van der Waals surface area (Å²) in [6, 6.07) is 14.8. The van der Waals surface area contributed by atoms with Crippen molar-refractivity contribution in [2.45, 2.75) is 11.5 Å². The van der Waals surface area contributed by atoms with Gasteiger partial charge in [-0.15, -0.1) is 0 Å². The van der Waals surface area contributed by atoms with E-state index in [9.17, 15) is 22.0 Å². The number of alkyl halides is 2. The Bertz CT molecular complexity index is 1430. The van der Waals surface area contributed by atoms with Crippen LogP contribution in [0.25, 0.3) is 22.8 Å². The van der Waals surface area contributed by atoms with Crippen molar-refractivity contribution in [1.82, 2.24) is 19.6 Å². The summed E-state index contributed by atoms with van der Waals surface area (Å²) >= 11 is 0. The lowest BCUT2D eigenvalue weighted by Gasteiger charge is -2.11. The molecule has 0 aliphatic heterocycles. The molecule has 0 N–H and O–H groups in total. The average molecular weight is 458 g/mol. The molecule has 0 radical (unpaired) electrons. The fraction of sp³-hybridized carbons (Fsp3) is 0.0952. The maximum absolute atomic E-state index is 12.6. The lowest BCUT2D eigenvalue weighted by Crippen LogP contribution is -2.15. The van der Waals surface area contributed by atoms with Crippen LogP contribution in [-0.2, 0) is 9.84 Å². The van der Waals surface area contributed by atoms with Gasteiger partial charge in [-0.2, -0.15) is 19.0 Å². The highest BCUT2D eigenvalue weighted by Gasteiger charge is 2.16. The van der Waals surface area contributed by atoms with Crippen LogP contribution < -0.4 is 10.2 Å². The van der Waals surface area contributed by atoms with Crippen molar-refractivity contribution in [3.05, 3.63) is 83.3 Å². The highest BCUT2D eigenvalue weighted by Crippen LogP contribution is 2.22. The summed E-state index contributed by atoms with van der Waals surface area (Å²) in [5.41, 5.74) is 1.01. The minimum atomic E-state index is -3.44. The van der Waals surface area contributed by atoms with Crippen molar-refractivity contribution in [3.63, 3.8) is 0 Å². The van der Waals surface area contributed by atoms with Crippen LogP contribution in [0, 0.1) is 0 Å². The summed E-state index contributed by atoms with van der Waals surface area (Å²) < 4.78 is 55.7. The molecular formula is C21H16F2N4O4S. The molecule has 11 heteroatoms. The van der Waals surface area contributed by atoms with Crippen LogP contribution >= 0.6 is 0 Å². The van der Waals surface area contributed by atoms with Crippen LogP contribution in [-0.4, -0.2) is 40.8 Å². The summed E-state index contributed by atoms with van der Waals surface area (Å²) in [5.74, 6) is -0.00569. The highest BCUT2D eigenvalue weighted by atomic mass is 32.2. The second-order valence-electron chi connectivity index (χ2n) is 6.74. The van der Waals surface area contributed by atoms with Crippen LogP contribution in [0.3, 0.4) is 0 Å². The SMILES string of the molecule is CS(=O)(=O)c1cccc(-n2nccc2-c2nn(-c3ccc(OC(F)F)cc3)ccc2=O)c1. The Hall–Kier alpha value is -3.86. The van der Waals surface area contributed by atoms with Gasteiger partial charge in [0, 0.05) is 18.5 Å². The number of ether oxygens (including phenoxy) is 1. The molecule has 0 unspecified atom stereocenters. The van der Waals surface area contributed by atoms with Gasteiger partial charge in [0.15, 0.2) is 15.5 Å². The van der Waals surface area contributed by atoms with Crippen LogP contribution in [0.5, 0.6) is 5.75 Å². The van der Waals surface area contributed by atoms with Gasteiger partial charge in [-0.3, -0.25) is 4.79 Å². The minimum Gasteiger partial charge on any atom is -0.435 e. The summed E-state index contributed by atoms with van der Waals surface area (Å²) in [6.07, 6.45) is 4.02. The van der Waals surface area contributed by atoms with E-state index in [-0.39, 0.29) is 21.8 Å². The first-order chi connectivity index (χ1) is 15.2. The Balaban J connectivity index is 1.76. The number of sulfone groups is 1. The zero-order valence-electron chi connectivity index (χ0n) is 16.6. The molecule has 0 aliphatic rings. The van der Waals surface area contributed by atoms with E-state index in [0.29, 0.717) is 17.1 Å². The van der Waals surface area contributed by atoms with Crippen molar-refractivity contribution in [2.75, 3.05) is 6.26 Å². The first kappa shape index (κ1) is 21.4. The van der Waals surface area contributed by atoms with Crippen molar-refractivity contribution >= 4 is 9.84 Å². The van der Waals surface area contributed by atoms with Gasteiger partial charge in [-0.1, -0.05) is 6.07 Å². The normalized spacial score (nSPS) is 11.6. The topological polar surface area (TPSA) is 96.1 Å². The Morgan fingerprint density at radius 3 is 2.44 bits per heavy atom. The third-order valence-corrected chi connectivity index (χ3v) is 5.62. The van der Waals surface area contributed by atoms with Gasteiger partial charge in [0.2, 0.25) is 5.43 Å². The van der Waals surface area contributed by atoms with Crippen LogP contribution in [0.2, 0.25) is 0 Å². The summed E-state index contributed by atoms with van der Waals surface area (Å²) in [6.45, 7) is -2.93. The van der Waals surface area contributed by atoms with Crippen molar-refractivity contribution < 1.29 is 21.9 Å². The molecule has 0 saturated carbocycles. The number of halogens is 2. The van der Waals surface area contributed by atoms with Crippen LogP contribution in [0.1, 0.15) is 0 Å². The smallest absolute Gasteiger partial charge is 0.387 e. The molecule has 0 saturated heterocycles. The Kier molecular flexibility index (Phi) is 5.57. The van der Waals surface area contributed by atoms with Crippen molar-refractivity contribution in [2.24, 2.45) is 0 Å². The molecule has 0 fully saturated rings. The zero-order chi connectivity index (χ0) is 22.9. The number of hydrogen-bond acceptors (Lipinski definition) is 6. The van der Waals surface area contributed by atoms with E-state index >= 15 is 0 Å². The van der Waals surface area contributed by atoms with E-state index in [1.54, 1.807) is 18.2 Å². The molecule has 0 bridgehead atoms. The molecule has 4 aromatic rings. The van der Waals surface area contributed by atoms with E-state index in [2.05, 4.69) is 14.9 Å². The van der Waals surface area contributed by atoms with Gasteiger partial charge in [0.1, 0.15) is 5.75 Å². The molecule has 4 rings (SSSR count). The molecular weight excluding hydrogens is 442 g/mol. The molecule has 2 heterocycles. The van der Waals surface area contributed by atoms with E-state index in [0.717, 1.165) is 6.26 Å². The maximum atomic E-state index is 12.6. The summed E-state index contributed by atoms with van der Waals surface area (Å²) in [7, 11) is -3.44. The van der Waals surface area contributed by atoms with E-state index in [1.165, 1.54) is 64.2 Å². The maximum Gasteiger partial charge on any atom is 0.387 e. The lowest BCUT2D eigenvalue weighted by atomic mass is 10.2. The van der Waals surface area contributed by atoms with Crippen molar-refractivity contribution in [3.8, 4) is 28.5 Å². The van der Waals surface area contributed by atoms with Gasteiger partial charge in [-0.25, -0.2) is 17.8 Å². The average Bonchev–Trinajstić information content (AvgIpc) is 3.23. The molecule has 0 spiro atoms. The second kappa shape index (κ2) is 8.35. The zero-order valence-corrected chi connectivity index (χ0v) is 17.4. The largest absolute Gasteiger partial charge is 0.435 e. The number of hydrogen-bond donors (Lipinski definition) is 0. The number of aromatic nitrogens is 4. The van der Waals surface area contributed by atoms with Crippen LogP contribution in [0.15, 0.2) is 82.7 Å². The van der Waals surface area contributed by atoms with E-state index in [1.807, 2.05) is 0 Å². The van der Waals surface area contributed by atoms with Gasteiger partial charge >= 0.3 is 6.61 Å². The number of nitrogens with zero attached hydrogens (tertiary/aromatic N) is 4. The summed E-state index contributed by atoms with van der Waals surface area (Å²) in [5, 5.41) is 8.58. The second-order valence-corrected chi connectivity index (χ2v) is 8.76. The standard InChI is InChI=1S/C21H16F2N4O4S/c1-32(29,30)17-4-2-3-15(13-17)27-18(9-11-24-27)20-19(28)10-12-26(25-20)14-5-7-16(8-6-14)31-21(22)23/h2-13,21H,1H3. The Morgan fingerprint density at radius 2 is 1.75 bits per heavy atom. The lowest BCUT2D eigenvalue weighted by molar-refractivity contribution is -0.0498. The van der Waals surface area contributed by atoms with Crippen LogP contribution in [0.4, 0.5) is 8.78 Å². The highest BCUT2D eigenvalue weighted by molar-refractivity contribution is 7.90. The van der Waals surface area contributed by atoms with Crippen molar-refractivity contribution in [1.29, 1.82) is 0 Å². The predicted molar refractivity (Wildman–Crippen MR) is 112 cm³/mol. The van der Waals surface area contributed by atoms with E-state index in [4.69, 9.17) is 0 Å². The first-order valence-electron chi connectivity index (χ1n) is 9.22. The fourth-order valence-electron chi connectivity index (χ4n) is 3.04. The molecule has 0 amide bonds. The Labute approximate surface area is 181 Å². The molecule has 0 aliphatic carbocycles. The van der Waals surface area contributed by atoms with Gasteiger partial charge in [0.05, 0.1) is 28.2 Å². The molecule has 2 aromatic heterocycles. The third kappa shape index (κ3) is 4.42. The third-order valence-electron chi connectivity index (χ3n) is 4.51. The van der Waals surface area contributed by atoms with Gasteiger partial charge in [-0.05, 0) is 48.5 Å². The Morgan fingerprint density at radius 1 is 1.00 bits per heavy atom.